The molecule has 1 aliphatic heterocycles. The maximum atomic E-state index is 12.7. The van der Waals surface area contributed by atoms with Gasteiger partial charge >= 0.3 is 6.09 Å². The van der Waals surface area contributed by atoms with E-state index >= 15 is 0 Å². The van der Waals surface area contributed by atoms with E-state index in [1.165, 1.54) is 6.08 Å². The summed E-state index contributed by atoms with van der Waals surface area (Å²) in [6, 6.07) is 20.6. The van der Waals surface area contributed by atoms with E-state index in [0.29, 0.717) is 0 Å². The first-order valence-corrected chi connectivity index (χ1v) is 8.96. The van der Waals surface area contributed by atoms with Gasteiger partial charge in [0.1, 0.15) is 12.6 Å². The summed E-state index contributed by atoms with van der Waals surface area (Å²) < 4.78 is 5.11. The highest BCUT2D eigenvalue weighted by molar-refractivity contribution is 6.02. The normalized spacial score (nSPS) is 16.4. The Balaban J connectivity index is 1.54. The van der Waals surface area contributed by atoms with Gasteiger partial charge in [0.05, 0.1) is 0 Å². The van der Waals surface area contributed by atoms with Crippen LogP contribution in [-0.4, -0.2) is 28.5 Å². The highest BCUT2D eigenvalue weighted by Crippen LogP contribution is 2.28. The van der Waals surface area contributed by atoms with Gasteiger partial charge in [-0.1, -0.05) is 54.6 Å². The molecule has 1 fully saturated rings. The third-order valence-electron chi connectivity index (χ3n) is 4.59. The van der Waals surface area contributed by atoms with Gasteiger partial charge in [0, 0.05) is 24.0 Å². The molecule has 1 aliphatic rings. The van der Waals surface area contributed by atoms with Gasteiger partial charge in [0.25, 0.3) is 5.91 Å². The number of hydrogen-bond donors (Lipinski definition) is 0. The molecule has 0 N–H and O–H groups in total. The zero-order chi connectivity index (χ0) is 19.3. The summed E-state index contributed by atoms with van der Waals surface area (Å²) in [5.74, 6) is -0.400. The van der Waals surface area contributed by atoms with Gasteiger partial charge in [-0.15, -0.1) is 0 Å². The summed E-state index contributed by atoms with van der Waals surface area (Å²) in [4.78, 5) is 30.1. The molecule has 0 spiro atoms. The zero-order valence-electron chi connectivity index (χ0n) is 15.1. The fourth-order valence-electron chi connectivity index (χ4n) is 3.19. The number of aromatic nitrogens is 1. The Hall–Kier alpha value is -3.73. The molecular formula is C23H18N2O3. The third kappa shape index (κ3) is 3.69. The van der Waals surface area contributed by atoms with E-state index in [2.05, 4.69) is 4.98 Å². The maximum absolute atomic E-state index is 12.7. The van der Waals surface area contributed by atoms with Gasteiger partial charge in [-0.25, -0.2) is 9.69 Å². The fourth-order valence-corrected chi connectivity index (χ4v) is 3.19. The number of ether oxygens (including phenoxy) is 1. The van der Waals surface area contributed by atoms with E-state index in [9.17, 15) is 9.59 Å². The summed E-state index contributed by atoms with van der Waals surface area (Å²) in [7, 11) is 0. The molecule has 5 heteroatoms. The van der Waals surface area contributed by atoms with Crippen LogP contribution in [0.15, 0.2) is 85.2 Å². The molecule has 5 nitrogen and oxygen atoms in total. The first-order chi connectivity index (χ1) is 13.7. The summed E-state index contributed by atoms with van der Waals surface area (Å²) in [5.41, 5.74) is 3.73. The number of hydrogen-bond acceptors (Lipinski definition) is 4. The number of rotatable bonds is 4. The van der Waals surface area contributed by atoms with Crippen LogP contribution in [0, 0.1) is 0 Å². The second kappa shape index (κ2) is 7.88. The predicted molar refractivity (Wildman–Crippen MR) is 106 cm³/mol. The summed E-state index contributed by atoms with van der Waals surface area (Å²) in [6.45, 7) is 0.166. The number of nitrogens with zero attached hydrogens (tertiary/aromatic N) is 2. The van der Waals surface area contributed by atoms with Gasteiger partial charge in [0.15, 0.2) is 0 Å². The van der Waals surface area contributed by atoms with Crippen LogP contribution in [0.4, 0.5) is 4.79 Å². The van der Waals surface area contributed by atoms with Gasteiger partial charge in [-0.3, -0.25) is 9.78 Å². The van der Waals surface area contributed by atoms with Crippen molar-refractivity contribution in [2.75, 3.05) is 6.61 Å². The van der Waals surface area contributed by atoms with E-state index < -0.39 is 18.0 Å². The minimum atomic E-state index is -0.618. The number of benzene rings is 2. The molecule has 0 radical (unpaired) electrons. The maximum Gasteiger partial charge on any atom is 0.417 e. The topological polar surface area (TPSA) is 59.5 Å². The Morgan fingerprint density at radius 2 is 1.86 bits per heavy atom. The summed E-state index contributed by atoms with van der Waals surface area (Å²) in [6.07, 6.45) is 6.01. The monoisotopic (exact) mass is 370 g/mol. The van der Waals surface area contributed by atoms with Crippen LogP contribution in [0.5, 0.6) is 0 Å². The standard InChI is InChI=1S/C23H18N2O3/c26-22(25-21(16-28-23(25)27)18-7-2-1-3-8-18)12-11-17-6-4-9-19(14-17)20-10-5-13-24-15-20/h1-15,21H,16H2/b12-11+/t21-/m1/s1. The fraction of sp³-hybridized carbons (Fsp3) is 0.0870. The Kier molecular flexibility index (Phi) is 4.97. The van der Waals surface area contributed by atoms with Crippen LogP contribution >= 0.6 is 0 Å². The van der Waals surface area contributed by atoms with Crippen molar-refractivity contribution in [2.45, 2.75) is 6.04 Å². The zero-order valence-corrected chi connectivity index (χ0v) is 15.1. The van der Waals surface area contributed by atoms with Crippen molar-refractivity contribution in [3.63, 3.8) is 0 Å². The van der Waals surface area contributed by atoms with Gasteiger partial charge < -0.3 is 4.74 Å². The summed E-state index contributed by atoms with van der Waals surface area (Å²) in [5, 5.41) is 0. The van der Waals surface area contributed by atoms with E-state index in [-0.39, 0.29) is 6.61 Å². The van der Waals surface area contributed by atoms with Crippen molar-refractivity contribution in [1.82, 2.24) is 9.88 Å². The lowest BCUT2D eigenvalue weighted by atomic mass is 10.0. The lowest BCUT2D eigenvalue weighted by molar-refractivity contribution is -0.124. The van der Waals surface area contributed by atoms with Crippen LogP contribution < -0.4 is 0 Å². The molecule has 2 amide bonds. The molecule has 2 aromatic carbocycles. The van der Waals surface area contributed by atoms with Crippen LogP contribution in [0.25, 0.3) is 17.2 Å². The molecule has 2 heterocycles. The van der Waals surface area contributed by atoms with E-state index in [1.807, 2.05) is 66.7 Å². The number of cyclic esters (lactones) is 1. The predicted octanol–water partition coefficient (Wildman–Crippen LogP) is 4.48. The van der Waals surface area contributed by atoms with Crippen molar-refractivity contribution in [2.24, 2.45) is 0 Å². The smallest absolute Gasteiger partial charge is 0.417 e. The van der Waals surface area contributed by atoms with Crippen molar-refractivity contribution < 1.29 is 14.3 Å². The Labute approximate surface area is 162 Å². The molecular weight excluding hydrogens is 352 g/mol. The first-order valence-electron chi connectivity index (χ1n) is 8.96. The number of carbonyl (C=O) groups excluding carboxylic acids is 2. The van der Waals surface area contributed by atoms with Crippen molar-refractivity contribution >= 4 is 18.1 Å². The minimum absolute atomic E-state index is 0.166. The highest BCUT2D eigenvalue weighted by Gasteiger charge is 2.37. The minimum Gasteiger partial charge on any atom is -0.446 e. The lowest BCUT2D eigenvalue weighted by Gasteiger charge is -2.18. The first kappa shape index (κ1) is 17.7. The Bertz CT molecular complexity index is 1020. The van der Waals surface area contributed by atoms with E-state index in [4.69, 9.17) is 4.74 Å². The molecule has 0 unspecified atom stereocenters. The molecule has 4 rings (SSSR count). The molecule has 138 valence electrons. The Morgan fingerprint density at radius 3 is 2.64 bits per heavy atom. The van der Waals surface area contributed by atoms with Crippen LogP contribution in [0.1, 0.15) is 17.2 Å². The van der Waals surface area contributed by atoms with Gasteiger partial charge in [-0.2, -0.15) is 0 Å². The van der Waals surface area contributed by atoms with E-state index in [1.54, 1.807) is 18.5 Å². The summed E-state index contributed by atoms with van der Waals surface area (Å²) >= 11 is 0. The second-order valence-electron chi connectivity index (χ2n) is 6.41. The molecule has 1 aromatic heterocycles. The average Bonchev–Trinajstić information content (AvgIpc) is 3.15. The number of amides is 2. The third-order valence-corrected chi connectivity index (χ3v) is 4.59. The van der Waals surface area contributed by atoms with Crippen LogP contribution in [0.3, 0.4) is 0 Å². The van der Waals surface area contributed by atoms with Gasteiger partial charge in [0.2, 0.25) is 0 Å². The van der Waals surface area contributed by atoms with Crippen LogP contribution in [-0.2, 0) is 9.53 Å². The molecule has 1 atom stereocenters. The van der Waals surface area contributed by atoms with E-state index in [0.717, 1.165) is 27.2 Å². The number of pyridine rings is 1. The lowest BCUT2D eigenvalue weighted by Crippen LogP contribution is -2.32. The van der Waals surface area contributed by atoms with Gasteiger partial charge in [-0.05, 0) is 34.9 Å². The quantitative estimate of drug-likeness (QED) is 0.635. The molecule has 0 saturated carbocycles. The molecule has 1 saturated heterocycles. The SMILES string of the molecule is O=C(/C=C/c1cccc(-c2cccnc2)c1)N1C(=O)OC[C@@H]1c1ccccc1. The van der Waals surface area contributed by atoms with Crippen molar-refractivity contribution in [3.8, 4) is 11.1 Å². The Morgan fingerprint density at radius 1 is 1.04 bits per heavy atom. The van der Waals surface area contributed by atoms with Crippen molar-refractivity contribution in [1.29, 1.82) is 0 Å². The molecule has 0 bridgehead atoms. The second-order valence-corrected chi connectivity index (χ2v) is 6.41. The largest absolute Gasteiger partial charge is 0.446 e. The number of carbonyl (C=O) groups is 2. The molecule has 3 aromatic rings. The molecule has 28 heavy (non-hydrogen) atoms. The number of imide groups is 1. The average molecular weight is 370 g/mol. The van der Waals surface area contributed by atoms with Crippen molar-refractivity contribution in [3.05, 3.63) is 96.3 Å². The van der Waals surface area contributed by atoms with Crippen LogP contribution in [0.2, 0.25) is 0 Å². The molecule has 0 aliphatic carbocycles. The highest BCUT2D eigenvalue weighted by atomic mass is 16.6.